The third kappa shape index (κ3) is 4.11. The van der Waals surface area contributed by atoms with Crippen molar-refractivity contribution in [2.45, 2.75) is 0 Å². The molecule has 0 unspecified atom stereocenters. The number of anilines is 1. The molecule has 0 heterocycles. The van der Waals surface area contributed by atoms with Crippen molar-refractivity contribution in [3.8, 4) is 17.6 Å². The maximum atomic E-state index is 12.2. The summed E-state index contributed by atoms with van der Waals surface area (Å²) in [5.41, 5.74) is -0.0516. The highest BCUT2D eigenvalue weighted by Crippen LogP contribution is 2.28. The van der Waals surface area contributed by atoms with Gasteiger partial charge in [-0.1, -0.05) is 18.2 Å². The third-order valence-corrected chi connectivity index (χ3v) is 3.24. The number of nitrogens with zero attached hydrogens (tertiary/aromatic N) is 2. The van der Waals surface area contributed by atoms with E-state index in [4.69, 9.17) is 4.74 Å². The maximum absolute atomic E-state index is 12.2. The van der Waals surface area contributed by atoms with Gasteiger partial charge in [-0.25, -0.2) is 0 Å². The number of phenolic OH excluding ortho intramolecular Hbond substituents is 1. The number of nitro groups is 1. The number of para-hydroxylation sites is 1. The van der Waals surface area contributed by atoms with Crippen molar-refractivity contribution in [1.82, 2.24) is 0 Å². The van der Waals surface area contributed by atoms with Crippen molar-refractivity contribution in [2.24, 2.45) is 0 Å². The van der Waals surface area contributed by atoms with Crippen LogP contribution in [0.5, 0.6) is 11.5 Å². The molecule has 0 fully saturated rings. The largest absolute Gasteiger partial charge is 0.506 e. The number of amides is 1. The van der Waals surface area contributed by atoms with Crippen LogP contribution >= 0.6 is 0 Å². The van der Waals surface area contributed by atoms with Crippen molar-refractivity contribution in [2.75, 3.05) is 12.4 Å². The molecule has 0 saturated carbocycles. The Balaban J connectivity index is 2.28. The Morgan fingerprint density at radius 2 is 2.08 bits per heavy atom. The van der Waals surface area contributed by atoms with Gasteiger partial charge in [-0.3, -0.25) is 14.9 Å². The minimum atomic E-state index is -0.766. The van der Waals surface area contributed by atoms with E-state index in [1.807, 2.05) is 0 Å². The minimum absolute atomic E-state index is 0.0447. The van der Waals surface area contributed by atoms with Crippen LogP contribution in [-0.4, -0.2) is 23.0 Å². The van der Waals surface area contributed by atoms with Gasteiger partial charge in [0.25, 0.3) is 11.6 Å². The molecule has 0 saturated heterocycles. The van der Waals surface area contributed by atoms with Crippen LogP contribution in [0.4, 0.5) is 11.4 Å². The van der Waals surface area contributed by atoms with Crippen molar-refractivity contribution >= 4 is 23.4 Å². The lowest BCUT2D eigenvalue weighted by atomic mass is 10.1. The van der Waals surface area contributed by atoms with E-state index < -0.39 is 16.6 Å². The van der Waals surface area contributed by atoms with Crippen molar-refractivity contribution in [1.29, 1.82) is 5.26 Å². The summed E-state index contributed by atoms with van der Waals surface area (Å²) in [6, 6.07) is 11.8. The van der Waals surface area contributed by atoms with Crippen LogP contribution in [-0.2, 0) is 4.79 Å². The number of hydrogen-bond donors (Lipinski definition) is 2. The fourth-order valence-electron chi connectivity index (χ4n) is 2.02. The Labute approximate surface area is 142 Å². The normalized spacial score (nSPS) is 10.6. The topological polar surface area (TPSA) is 125 Å². The maximum Gasteiger partial charge on any atom is 0.273 e. The Morgan fingerprint density at radius 1 is 1.36 bits per heavy atom. The summed E-state index contributed by atoms with van der Waals surface area (Å²) in [5, 5.41) is 32.0. The number of carbonyl (C=O) groups is 1. The highest BCUT2D eigenvalue weighted by atomic mass is 16.6. The SMILES string of the molecule is COc1ccccc1/C=C(\C#N)C(=O)Nc1ccc([N+](=O)[O-])cc1O. The molecule has 8 heteroatoms. The van der Waals surface area contributed by atoms with E-state index in [1.165, 1.54) is 19.3 Å². The molecule has 0 bridgehead atoms. The molecule has 126 valence electrons. The van der Waals surface area contributed by atoms with Crippen molar-refractivity contribution in [3.63, 3.8) is 0 Å². The number of carbonyl (C=O) groups excluding carboxylic acids is 1. The van der Waals surface area contributed by atoms with Crippen molar-refractivity contribution < 1.29 is 19.6 Å². The molecule has 1 amide bonds. The van der Waals surface area contributed by atoms with Crippen LogP contribution < -0.4 is 10.1 Å². The zero-order valence-electron chi connectivity index (χ0n) is 13.1. The Morgan fingerprint density at radius 3 is 2.68 bits per heavy atom. The summed E-state index contributed by atoms with van der Waals surface area (Å²) < 4.78 is 5.15. The Bertz CT molecular complexity index is 899. The van der Waals surface area contributed by atoms with Gasteiger partial charge in [-0.15, -0.1) is 0 Å². The lowest BCUT2D eigenvalue weighted by Crippen LogP contribution is -2.13. The first-order valence-electron chi connectivity index (χ1n) is 7.00. The first kappa shape index (κ1) is 17.5. The van der Waals surface area contributed by atoms with E-state index >= 15 is 0 Å². The van der Waals surface area contributed by atoms with Crippen LogP contribution in [0.25, 0.3) is 6.08 Å². The minimum Gasteiger partial charge on any atom is -0.506 e. The van der Waals surface area contributed by atoms with Crippen LogP contribution in [0.1, 0.15) is 5.56 Å². The highest BCUT2D eigenvalue weighted by molar-refractivity contribution is 6.10. The van der Waals surface area contributed by atoms with Gasteiger partial charge in [0.15, 0.2) is 0 Å². The quantitative estimate of drug-likeness (QED) is 0.284. The number of hydrogen-bond acceptors (Lipinski definition) is 6. The molecular formula is C17H13N3O5. The van der Waals surface area contributed by atoms with Crippen LogP contribution in [0, 0.1) is 21.4 Å². The zero-order valence-corrected chi connectivity index (χ0v) is 13.1. The lowest BCUT2D eigenvalue weighted by Gasteiger charge is -2.07. The Hall–Kier alpha value is -3.86. The van der Waals surface area contributed by atoms with E-state index in [1.54, 1.807) is 30.3 Å². The molecule has 2 aromatic rings. The van der Waals surface area contributed by atoms with Gasteiger partial charge in [0, 0.05) is 11.6 Å². The number of rotatable bonds is 5. The summed E-state index contributed by atoms with van der Waals surface area (Å²) in [5.74, 6) is -0.754. The third-order valence-electron chi connectivity index (χ3n) is 3.24. The van der Waals surface area contributed by atoms with E-state index in [9.17, 15) is 25.3 Å². The number of aromatic hydroxyl groups is 1. The zero-order chi connectivity index (χ0) is 18.4. The van der Waals surface area contributed by atoms with Gasteiger partial charge in [0.05, 0.1) is 23.8 Å². The summed E-state index contributed by atoms with van der Waals surface area (Å²) >= 11 is 0. The monoisotopic (exact) mass is 339 g/mol. The average Bonchev–Trinajstić information content (AvgIpc) is 2.61. The second kappa shape index (κ2) is 7.61. The number of nitro benzene ring substituents is 1. The standard InChI is InChI=1S/C17H13N3O5/c1-25-16-5-3-2-4-11(16)8-12(10-18)17(22)19-14-7-6-13(20(23)24)9-15(14)21/h2-9,21H,1H3,(H,19,22)/b12-8+. The van der Waals surface area contributed by atoms with Crippen molar-refractivity contribution in [3.05, 3.63) is 63.7 Å². The Kier molecular flexibility index (Phi) is 5.32. The molecule has 0 aromatic heterocycles. The molecule has 0 aliphatic heterocycles. The molecule has 2 rings (SSSR count). The van der Waals surface area contributed by atoms with E-state index in [-0.39, 0.29) is 16.9 Å². The number of benzene rings is 2. The van der Waals surface area contributed by atoms with Crippen LogP contribution in [0.2, 0.25) is 0 Å². The predicted molar refractivity (Wildman–Crippen MR) is 90.0 cm³/mol. The fourth-order valence-corrected chi connectivity index (χ4v) is 2.02. The summed E-state index contributed by atoms with van der Waals surface area (Å²) in [7, 11) is 1.47. The summed E-state index contributed by atoms with van der Waals surface area (Å²) in [6.45, 7) is 0. The average molecular weight is 339 g/mol. The molecule has 25 heavy (non-hydrogen) atoms. The van der Waals surface area contributed by atoms with E-state index in [2.05, 4.69) is 5.32 Å². The molecule has 2 N–H and O–H groups in total. The lowest BCUT2D eigenvalue weighted by molar-refractivity contribution is -0.384. The van der Waals surface area contributed by atoms with Crippen LogP contribution in [0.3, 0.4) is 0 Å². The fraction of sp³-hybridized carbons (Fsp3) is 0.0588. The first-order valence-corrected chi connectivity index (χ1v) is 7.00. The van der Waals surface area contributed by atoms with Gasteiger partial charge < -0.3 is 15.2 Å². The highest BCUT2D eigenvalue weighted by Gasteiger charge is 2.15. The number of non-ortho nitro benzene ring substituents is 1. The number of nitriles is 1. The van der Waals surface area contributed by atoms with E-state index in [0.29, 0.717) is 11.3 Å². The molecular weight excluding hydrogens is 326 g/mol. The number of phenols is 1. The molecule has 0 spiro atoms. The van der Waals surface area contributed by atoms with Gasteiger partial charge in [0.2, 0.25) is 0 Å². The first-order chi connectivity index (χ1) is 12.0. The second-order valence-electron chi connectivity index (χ2n) is 4.82. The van der Waals surface area contributed by atoms with Crippen LogP contribution in [0.15, 0.2) is 48.0 Å². The molecule has 2 aromatic carbocycles. The summed E-state index contributed by atoms with van der Waals surface area (Å²) in [4.78, 5) is 22.2. The molecule has 8 nitrogen and oxygen atoms in total. The molecule has 0 radical (unpaired) electrons. The second-order valence-corrected chi connectivity index (χ2v) is 4.82. The van der Waals surface area contributed by atoms with Gasteiger partial charge >= 0.3 is 0 Å². The number of nitrogens with one attached hydrogen (secondary N) is 1. The number of ether oxygens (including phenoxy) is 1. The van der Waals surface area contributed by atoms with Gasteiger partial charge in [0.1, 0.15) is 23.1 Å². The molecule has 0 atom stereocenters. The molecule has 0 aliphatic carbocycles. The number of methoxy groups -OCH3 is 1. The van der Waals surface area contributed by atoms with Gasteiger partial charge in [-0.2, -0.15) is 5.26 Å². The van der Waals surface area contributed by atoms with E-state index in [0.717, 1.165) is 12.1 Å². The smallest absolute Gasteiger partial charge is 0.273 e. The predicted octanol–water partition coefficient (Wildman–Crippen LogP) is 2.85. The van der Waals surface area contributed by atoms with Gasteiger partial charge in [-0.05, 0) is 18.2 Å². The summed E-state index contributed by atoms with van der Waals surface area (Å²) in [6.07, 6.45) is 1.34. The molecule has 0 aliphatic rings.